The second-order valence-electron chi connectivity index (χ2n) is 7.69. The van der Waals surface area contributed by atoms with Crippen LogP contribution in [0.15, 0.2) is 76.1 Å². The van der Waals surface area contributed by atoms with Crippen molar-refractivity contribution < 1.29 is 17.7 Å². The van der Waals surface area contributed by atoms with E-state index in [0.29, 0.717) is 39.1 Å². The first kappa shape index (κ1) is 21.5. The Morgan fingerprint density at radius 1 is 0.853 bits per heavy atom. The lowest BCUT2D eigenvalue weighted by Gasteiger charge is -2.10. The van der Waals surface area contributed by atoms with Crippen LogP contribution in [0, 0.1) is 13.8 Å². The fraction of sp³-hybridized carbons (Fsp3) is 0.0833. The van der Waals surface area contributed by atoms with E-state index >= 15 is 0 Å². The zero-order chi connectivity index (χ0) is 23.9. The number of aryl methyl sites for hydroxylation is 1. The predicted molar refractivity (Wildman–Crippen MR) is 128 cm³/mol. The molecule has 0 aliphatic carbocycles. The molecule has 2 aromatic heterocycles. The van der Waals surface area contributed by atoms with E-state index < -0.39 is 10.0 Å². The molecule has 1 amide bonds. The highest BCUT2D eigenvalue weighted by Crippen LogP contribution is 2.24. The van der Waals surface area contributed by atoms with Gasteiger partial charge in [-0.05, 0) is 62.4 Å². The van der Waals surface area contributed by atoms with Gasteiger partial charge in [0.05, 0.1) is 32.7 Å². The zero-order valence-corrected chi connectivity index (χ0v) is 19.1. The maximum Gasteiger partial charge on any atom is 0.264 e. The molecule has 0 atom stereocenters. The molecule has 9 nitrogen and oxygen atoms in total. The third-order valence-electron chi connectivity index (χ3n) is 5.42. The lowest BCUT2D eigenvalue weighted by atomic mass is 10.1. The van der Waals surface area contributed by atoms with Crippen LogP contribution in [-0.2, 0) is 10.0 Å². The number of carbonyl (C=O) groups excluding carboxylic acids is 1. The highest BCUT2D eigenvalue weighted by atomic mass is 32.2. The number of para-hydroxylation sites is 3. The summed E-state index contributed by atoms with van der Waals surface area (Å²) in [5.41, 5.74) is 4.53. The molecule has 5 aromatic rings. The summed E-state index contributed by atoms with van der Waals surface area (Å²) in [6, 6.07) is 18.5. The Hall–Kier alpha value is -4.31. The number of hydrogen-bond acceptors (Lipinski definition) is 7. The fourth-order valence-electron chi connectivity index (χ4n) is 3.43. The van der Waals surface area contributed by atoms with Gasteiger partial charge < -0.3 is 9.84 Å². The highest BCUT2D eigenvalue weighted by molar-refractivity contribution is 7.92. The second kappa shape index (κ2) is 8.23. The van der Waals surface area contributed by atoms with Crippen LogP contribution in [0.1, 0.15) is 21.6 Å². The van der Waals surface area contributed by atoms with Crippen LogP contribution in [0.5, 0.6) is 0 Å². The molecule has 5 rings (SSSR count). The number of aromatic nitrogens is 3. The molecule has 0 bridgehead atoms. The van der Waals surface area contributed by atoms with Crippen LogP contribution in [0.3, 0.4) is 0 Å². The summed E-state index contributed by atoms with van der Waals surface area (Å²) in [4.78, 5) is 22.2. The summed E-state index contributed by atoms with van der Waals surface area (Å²) in [5, 5.41) is 6.54. The molecule has 0 saturated carbocycles. The molecule has 0 aliphatic rings. The standard InChI is InChI=1S/C24H19N5O4S/c1-14-15(2)28-33-24(14)29-34(31,32)17-12-10-16(11-13-17)25-23(30)18-6-5-9-21-22(18)27-20-8-4-3-7-19(20)26-21/h3-13,29H,1-2H3,(H,25,30). The van der Waals surface area contributed by atoms with Gasteiger partial charge in [-0.15, -0.1) is 0 Å². The van der Waals surface area contributed by atoms with Crippen molar-refractivity contribution in [2.45, 2.75) is 18.7 Å². The molecule has 0 spiro atoms. The monoisotopic (exact) mass is 473 g/mol. The molecule has 0 radical (unpaired) electrons. The summed E-state index contributed by atoms with van der Waals surface area (Å²) in [6.45, 7) is 3.43. The van der Waals surface area contributed by atoms with Crippen molar-refractivity contribution in [1.82, 2.24) is 15.1 Å². The Bertz CT molecular complexity index is 1660. The number of fused-ring (bicyclic) bond motifs is 2. The number of rotatable bonds is 5. The first-order valence-electron chi connectivity index (χ1n) is 10.3. The summed E-state index contributed by atoms with van der Waals surface area (Å²) in [6.07, 6.45) is 0. The van der Waals surface area contributed by atoms with E-state index in [1.165, 1.54) is 24.3 Å². The SMILES string of the molecule is Cc1noc(NS(=O)(=O)c2ccc(NC(=O)c3cccc4nc5ccccc5nc34)cc2)c1C. The summed E-state index contributed by atoms with van der Waals surface area (Å²) in [5.74, 6) is -0.309. The molecule has 0 aliphatic heterocycles. The highest BCUT2D eigenvalue weighted by Gasteiger charge is 2.19. The molecule has 10 heteroatoms. The van der Waals surface area contributed by atoms with Gasteiger partial charge in [-0.25, -0.2) is 23.1 Å². The minimum absolute atomic E-state index is 0.0152. The van der Waals surface area contributed by atoms with Crippen molar-refractivity contribution in [3.63, 3.8) is 0 Å². The first-order chi connectivity index (χ1) is 16.3. The van der Waals surface area contributed by atoms with E-state index in [0.717, 1.165) is 5.52 Å². The van der Waals surface area contributed by atoms with E-state index in [2.05, 4.69) is 25.2 Å². The third-order valence-corrected chi connectivity index (χ3v) is 6.77. The second-order valence-corrected chi connectivity index (χ2v) is 9.37. The fourth-order valence-corrected chi connectivity index (χ4v) is 4.48. The normalized spacial score (nSPS) is 11.6. The van der Waals surface area contributed by atoms with Crippen LogP contribution < -0.4 is 10.0 Å². The van der Waals surface area contributed by atoms with Gasteiger partial charge in [-0.1, -0.05) is 23.4 Å². The largest absolute Gasteiger partial charge is 0.337 e. The van der Waals surface area contributed by atoms with Gasteiger partial charge in [-0.3, -0.25) is 4.79 Å². The van der Waals surface area contributed by atoms with Crippen molar-refractivity contribution >= 4 is 49.6 Å². The molecule has 0 fully saturated rings. The number of sulfonamides is 1. The summed E-state index contributed by atoms with van der Waals surface area (Å²) < 4.78 is 32.8. The number of hydrogen-bond donors (Lipinski definition) is 2. The van der Waals surface area contributed by atoms with E-state index in [1.807, 2.05) is 24.3 Å². The maximum atomic E-state index is 13.0. The Morgan fingerprint density at radius 3 is 2.21 bits per heavy atom. The minimum atomic E-state index is -3.88. The van der Waals surface area contributed by atoms with E-state index in [9.17, 15) is 13.2 Å². The Balaban J connectivity index is 1.39. The number of benzene rings is 3. The van der Waals surface area contributed by atoms with Crippen LogP contribution in [-0.4, -0.2) is 29.4 Å². The molecular formula is C24H19N5O4S. The molecule has 2 N–H and O–H groups in total. The van der Waals surface area contributed by atoms with Crippen molar-refractivity contribution in [2.75, 3.05) is 10.0 Å². The lowest BCUT2D eigenvalue weighted by Crippen LogP contribution is -2.15. The molecule has 3 aromatic carbocycles. The van der Waals surface area contributed by atoms with Gasteiger partial charge in [0.1, 0.15) is 5.52 Å². The molecule has 0 unspecified atom stereocenters. The number of amides is 1. The van der Waals surface area contributed by atoms with Gasteiger partial charge in [0.2, 0.25) is 5.88 Å². The number of anilines is 2. The van der Waals surface area contributed by atoms with Gasteiger partial charge in [0, 0.05) is 11.3 Å². The summed E-state index contributed by atoms with van der Waals surface area (Å²) >= 11 is 0. The van der Waals surface area contributed by atoms with Crippen molar-refractivity contribution in [2.24, 2.45) is 0 Å². The zero-order valence-electron chi connectivity index (χ0n) is 18.2. The molecule has 0 saturated heterocycles. The van der Waals surface area contributed by atoms with Gasteiger partial charge in [0.25, 0.3) is 15.9 Å². The number of nitrogens with one attached hydrogen (secondary N) is 2. The molecule has 2 heterocycles. The maximum absolute atomic E-state index is 13.0. The van der Waals surface area contributed by atoms with Crippen molar-refractivity contribution in [3.05, 3.63) is 83.6 Å². The van der Waals surface area contributed by atoms with Crippen LogP contribution in [0.25, 0.3) is 22.1 Å². The van der Waals surface area contributed by atoms with Crippen LogP contribution in [0.2, 0.25) is 0 Å². The molecule has 170 valence electrons. The number of carbonyl (C=O) groups is 1. The van der Waals surface area contributed by atoms with Gasteiger partial charge in [0.15, 0.2) is 0 Å². The molecular weight excluding hydrogens is 454 g/mol. The average molecular weight is 474 g/mol. The minimum Gasteiger partial charge on any atom is -0.337 e. The van der Waals surface area contributed by atoms with E-state index in [4.69, 9.17) is 4.52 Å². The predicted octanol–water partition coefficient (Wildman–Crippen LogP) is 4.44. The van der Waals surface area contributed by atoms with Crippen molar-refractivity contribution in [3.8, 4) is 0 Å². The number of nitrogens with zero attached hydrogens (tertiary/aromatic N) is 3. The van der Waals surface area contributed by atoms with Gasteiger partial charge in [-0.2, -0.15) is 0 Å². The lowest BCUT2D eigenvalue weighted by molar-refractivity contribution is 0.102. The average Bonchev–Trinajstić information content (AvgIpc) is 3.14. The smallest absolute Gasteiger partial charge is 0.264 e. The van der Waals surface area contributed by atoms with Crippen LogP contribution >= 0.6 is 0 Å². The first-order valence-corrected chi connectivity index (χ1v) is 11.8. The summed E-state index contributed by atoms with van der Waals surface area (Å²) in [7, 11) is -3.88. The Morgan fingerprint density at radius 2 is 1.53 bits per heavy atom. The quantitative estimate of drug-likeness (QED) is 0.361. The third kappa shape index (κ3) is 3.95. The Kier molecular flexibility index (Phi) is 5.21. The molecule has 34 heavy (non-hydrogen) atoms. The van der Waals surface area contributed by atoms with Crippen LogP contribution in [0.4, 0.5) is 11.6 Å². The Labute approximate surface area is 194 Å². The van der Waals surface area contributed by atoms with E-state index in [-0.39, 0.29) is 16.7 Å². The van der Waals surface area contributed by atoms with Gasteiger partial charge >= 0.3 is 0 Å². The van der Waals surface area contributed by atoms with E-state index in [1.54, 1.807) is 32.0 Å². The topological polar surface area (TPSA) is 127 Å². The van der Waals surface area contributed by atoms with Crippen molar-refractivity contribution in [1.29, 1.82) is 0 Å².